The molecule has 4 N–H and O–H groups in total. The van der Waals surface area contributed by atoms with Crippen molar-refractivity contribution in [2.24, 2.45) is 0 Å². The lowest BCUT2D eigenvalue weighted by Gasteiger charge is -2.13. The van der Waals surface area contributed by atoms with Crippen LogP contribution in [-0.2, 0) is 0 Å². The number of carbonyl (C=O) groups is 1. The molecular weight excluding hydrogens is 362 g/mol. The molecule has 0 amide bonds. The summed E-state index contributed by atoms with van der Waals surface area (Å²) in [6.45, 7) is 0. The van der Waals surface area contributed by atoms with Crippen molar-refractivity contribution in [3.63, 3.8) is 0 Å². The summed E-state index contributed by atoms with van der Waals surface area (Å²) < 4.78 is 13.7. The van der Waals surface area contributed by atoms with Crippen molar-refractivity contribution in [2.75, 3.05) is 11.1 Å². The second-order valence-electron chi connectivity index (χ2n) is 3.82. The van der Waals surface area contributed by atoms with E-state index in [-0.39, 0.29) is 11.4 Å². The monoisotopic (exact) mass is 372 g/mol. The van der Waals surface area contributed by atoms with Gasteiger partial charge in [-0.25, -0.2) is 9.18 Å². The van der Waals surface area contributed by atoms with Crippen LogP contribution in [0.1, 0.15) is 10.4 Å². The molecule has 0 fully saturated rings. The van der Waals surface area contributed by atoms with E-state index in [2.05, 4.69) is 5.32 Å². The fraction of sp³-hybridized carbons (Fsp3) is 0. The highest BCUT2D eigenvalue weighted by atomic mass is 127. The molecule has 0 aliphatic rings. The maximum atomic E-state index is 13.0. The van der Waals surface area contributed by atoms with Gasteiger partial charge in [-0.1, -0.05) is 6.07 Å². The number of carboxylic acids is 1. The first-order valence-corrected chi connectivity index (χ1v) is 6.41. The Hall–Kier alpha value is -1.83. The first kappa shape index (κ1) is 13.6. The average Bonchev–Trinajstić information content (AvgIpc) is 2.34. The lowest BCUT2D eigenvalue weighted by atomic mass is 10.1. The molecule has 0 saturated carbocycles. The third kappa shape index (κ3) is 2.95. The number of nitrogens with one attached hydrogen (secondary N) is 1. The minimum atomic E-state index is -1.08. The van der Waals surface area contributed by atoms with Crippen molar-refractivity contribution in [2.45, 2.75) is 0 Å². The summed E-state index contributed by atoms with van der Waals surface area (Å²) in [6.07, 6.45) is 0. The Morgan fingerprint density at radius 1 is 1.32 bits per heavy atom. The van der Waals surface area contributed by atoms with E-state index < -0.39 is 5.97 Å². The summed E-state index contributed by atoms with van der Waals surface area (Å²) in [5, 5.41) is 12.1. The number of hydrogen-bond donors (Lipinski definition) is 3. The zero-order valence-electron chi connectivity index (χ0n) is 9.65. The first-order chi connectivity index (χ1) is 8.99. The molecule has 4 nitrogen and oxygen atoms in total. The molecule has 19 heavy (non-hydrogen) atoms. The molecule has 0 aromatic heterocycles. The van der Waals surface area contributed by atoms with Crippen LogP contribution in [0, 0.1) is 9.39 Å². The van der Waals surface area contributed by atoms with Gasteiger partial charge >= 0.3 is 5.97 Å². The van der Waals surface area contributed by atoms with Crippen LogP contribution >= 0.6 is 22.6 Å². The molecule has 6 heteroatoms. The van der Waals surface area contributed by atoms with Crippen LogP contribution in [-0.4, -0.2) is 11.1 Å². The van der Waals surface area contributed by atoms with E-state index in [4.69, 9.17) is 10.8 Å². The number of halogens is 2. The molecule has 2 aromatic carbocycles. The standard InChI is InChI=1S/C13H10FIN2O2/c14-7-4-5-11(9(15)6-7)17-12-8(13(18)19)2-1-3-10(12)16/h1-6,17H,16H2,(H,18,19). The van der Waals surface area contributed by atoms with Crippen LogP contribution in [0.15, 0.2) is 36.4 Å². The maximum absolute atomic E-state index is 13.0. The summed E-state index contributed by atoms with van der Waals surface area (Å²) >= 11 is 1.96. The van der Waals surface area contributed by atoms with E-state index in [1.807, 2.05) is 22.6 Å². The molecule has 98 valence electrons. The van der Waals surface area contributed by atoms with Crippen LogP contribution in [0.3, 0.4) is 0 Å². The van der Waals surface area contributed by atoms with E-state index in [0.717, 1.165) is 0 Å². The molecule has 0 radical (unpaired) electrons. The second-order valence-corrected chi connectivity index (χ2v) is 4.99. The molecular formula is C13H10FIN2O2. The van der Waals surface area contributed by atoms with E-state index in [0.29, 0.717) is 20.6 Å². The fourth-order valence-corrected chi connectivity index (χ4v) is 2.23. The highest BCUT2D eigenvalue weighted by Crippen LogP contribution is 2.30. The maximum Gasteiger partial charge on any atom is 0.337 e. The number of anilines is 3. The second kappa shape index (κ2) is 5.43. The van der Waals surface area contributed by atoms with Gasteiger partial charge in [0.15, 0.2) is 0 Å². The van der Waals surface area contributed by atoms with Gasteiger partial charge in [0.1, 0.15) is 5.82 Å². The highest BCUT2D eigenvalue weighted by Gasteiger charge is 2.13. The van der Waals surface area contributed by atoms with Crippen molar-refractivity contribution >= 4 is 45.6 Å². The molecule has 0 saturated heterocycles. The number of benzene rings is 2. The molecule has 0 spiro atoms. The van der Waals surface area contributed by atoms with Gasteiger partial charge in [-0.05, 0) is 52.9 Å². The molecule has 2 rings (SSSR count). The van der Waals surface area contributed by atoms with Gasteiger partial charge in [0.25, 0.3) is 0 Å². The van der Waals surface area contributed by atoms with Gasteiger partial charge in [0, 0.05) is 3.57 Å². The summed E-state index contributed by atoms with van der Waals surface area (Å²) in [4.78, 5) is 11.1. The number of para-hydroxylation sites is 1. The largest absolute Gasteiger partial charge is 0.478 e. The smallest absolute Gasteiger partial charge is 0.337 e. The highest BCUT2D eigenvalue weighted by molar-refractivity contribution is 14.1. The molecule has 0 atom stereocenters. The summed E-state index contributed by atoms with van der Waals surface area (Å²) in [5.74, 6) is -1.43. The van der Waals surface area contributed by atoms with Crippen LogP contribution in [0.5, 0.6) is 0 Å². The Balaban J connectivity index is 2.46. The van der Waals surface area contributed by atoms with Crippen LogP contribution in [0.2, 0.25) is 0 Å². The summed E-state index contributed by atoms with van der Waals surface area (Å²) in [6, 6.07) is 8.81. The third-order valence-electron chi connectivity index (χ3n) is 2.52. The van der Waals surface area contributed by atoms with Crippen molar-refractivity contribution < 1.29 is 14.3 Å². The molecule has 0 heterocycles. The van der Waals surface area contributed by atoms with Crippen molar-refractivity contribution in [3.05, 3.63) is 51.3 Å². The molecule has 0 unspecified atom stereocenters. The summed E-state index contributed by atoms with van der Waals surface area (Å²) in [5.41, 5.74) is 7.08. The Morgan fingerprint density at radius 2 is 2.05 bits per heavy atom. The van der Waals surface area contributed by atoms with Gasteiger partial charge in [0.2, 0.25) is 0 Å². The molecule has 0 aliphatic heterocycles. The summed E-state index contributed by atoms with van der Waals surface area (Å²) in [7, 11) is 0. The number of rotatable bonds is 3. The number of carboxylic acid groups (broad SMARTS) is 1. The van der Waals surface area contributed by atoms with E-state index in [9.17, 15) is 9.18 Å². The van der Waals surface area contributed by atoms with Crippen LogP contribution in [0.25, 0.3) is 0 Å². The fourth-order valence-electron chi connectivity index (χ4n) is 1.61. The SMILES string of the molecule is Nc1cccc(C(=O)O)c1Nc1ccc(F)cc1I. The lowest BCUT2D eigenvalue weighted by molar-refractivity contribution is 0.0698. The average molecular weight is 372 g/mol. The van der Waals surface area contributed by atoms with Crippen molar-refractivity contribution in [1.82, 2.24) is 0 Å². The topological polar surface area (TPSA) is 75.4 Å². The van der Waals surface area contributed by atoms with Crippen LogP contribution < -0.4 is 11.1 Å². The third-order valence-corrected chi connectivity index (χ3v) is 3.41. The van der Waals surface area contributed by atoms with Crippen LogP contribution in [0.4, 0.5) is 21.5 Å². The Kier molecular flexibility index (Phi) is 3.89. The predicted octanol–water partition coefficient (Wildman–Crippen LogP) is 3.45. The van der Waals surface area contributed by atoms with Gasteiger partial charge in [0.05, 0.1) is 22.6 Å². The van der Waals surface area contributed by atoms with Gasteiger partial charge in [-0.15, -0.1) is 0 Å². The predicted molar refractivity (Wildman–Crippen MR) is 80.2 cm³/mol. The first-order valence-electron chi connectivity index (χ1n) is 5.33. The van der Waals surface area contributed by atoms with Crippen molar-refractivity contribution in [1.29, 1.82) is 0 Å². The Labute approximate surface area is 122 Å². The molecule has 2 aromatic rings. The molecule has 0 aliphatic carbocycles. The Bertz CT molecular complexity index is 647. The van der Waals surface area contributed by atoms with Gasteiger partial charge < -0.3 is 16.2 Å². The number of nitrogen functional groups attached to an aromatic ring is 1. The minimum absolute atomic E-state index is 0.0696. The van der Waals surface area contributed by atoms with Gasteiger partial charge in [-0.2, -0.15) is 0 Å². The van der Waals surface area contributed by atoms with E-state index >= 15 is 0 Å². The van der Waals surface area contributed by atoms with E-state index in [1.165, 1.54) is 24.3 Å². The lowest BCUT2D eigenvalue weighted by Crippen LogP contribution is -2.06. The van der Waals surface area contributed by atoms with Gasteiger partial charge in [-0.3, -0.25) is 0 Å². The number of hydrogen-bond acceptors (Lipinski definition) is 3. The van der Waals surface area contributed by atoms with Crippen molar-refractivity contribution in [3.8, 4) is 0 Å². The van der Waals surface area contributed by atoms with E-state index in [1.54, 1.807) is 12.1 Å². The number of aromatic carboxylic acids is 1. The molecule has 0 bridgehead atoms. The Morgan fingerprint density at radius 3 is 2.68 bits per heavy atom. The zero-order valence-corrected chi connectivity index (χ0v) is 11.8. The minimum Gasteiger partial charge on any atom is -0.478 e. The quantitative estimate of drug-likeness (QED) is 0.570. The zero-order chi connectivity index (χ0) is 14.0. The number of nitrogens with two attached hydrogens (primary N) is 1. The normalized spacial score (nSPS) is 10.2.